The molecule has 2 rings (SSSR count). The van der Waals surface area contributed by atoms with Crippen LogP contribution in [0.25, 0.3) is 0 Å². The summed E-state index contributed by atoms with van der Waals surface area (Å²) in [7, 11) is 0. The summed E-state index contributed by atoms with van der Waals surface area (Å²) in [5.74, 6) is 0.220. The van der Waals surface area contributed by atoms with Crippen LogP contribution in [-0.4, -0.2) is 35.7 Å². The summed E-state index contributed by atoms with van der Waals surface area (Å²) < 4.78 is 0. The lowest BCUT2D eigenvalue weighted by atomic mass is 10.2. The lowest BCUT2D eigenvalue weighted by Gasteiger charge is -2.29. The van der Waals surface area contributed by atoms with Crippen LogP contribution in [0.3, 0.4) is 0 Å². The third-order valence-electron chi connectivity index (χ3n) is 2.97. The second-order valence-corrected chi connectivity index (χ2v) is 6.04. The van der Waals surface area contributed by atoms with E-state index in [-0.39, 0.29) is 35.7 Å². The quantitative estimate of drug-likeness (QED) is 0.745. The molecule has 0 radical (unpaired) electrons. The molecular weight excluding hydrogens is 288 g/mol. The fourth-order valence-corrected chi connectivity index (χ4v) is 2.91. The summed E-state index contributed by atoms with van der Waals surface area (Å²) >= 11 is 1.35. The second kappa shape index (κ2) is 7.44. The van der Waals surface area contributed by atoms with Gasteiger partial charge >= 0.3 is 0 Å². The Hall–Kier alpha value is -1.57. The largest absolute Gasteiger partial charge is 0.330 e. The summed E-state index contributed by atoms with van der Waals surface area (Å²) in [4.78, 5) is 25.5. The number of rotatable bonds is 5. The average Bonchev–Trinajstić information content (AvgIpc) is 2.46. The van der Waals surface area contributed by atoms with Gasteiger partial charge in [0.1, 0.15) is 5.50 Å². The maximum atomic E-state index is 12.5. The predicted octanol–water partition coefficient (Wildman–Crippen LogP) is 0.669. The van der Waals surface area contributed by atoms with Crippen molar-refractivity contribution in [3.8, 4) is 0 Å². The number of amides is 2. The van der Waals surface area contributed by atoms with E-state index in [1.165, 1.54) is 11.8 Å². The SMILES string of the molecule is CC(C)N(C(=O)CSC1NNCC(=O)N1)c1ccccc1. The van der Waals surface area contributed by atoms with E-state index < -0.39 is 0 Å². The van der Waals surface area contributed by atoms with Crippen LogP contribution in [0, 0.1) is 0 Å². The Kier molecular flexibility index (Phi) is 5.60. The number of hydrogen-bond donors (Lipinski definition) is 3. The van der Waals surface area contributed by atoms with Gasteiger partial charge in [-0.2, -0.15) is 0 Å². The minimum absolute atomic E-state index is 0.0165. The van der Waals surface area contributed by atoms with Crippen LogP contribution in [0.4, 0.5) is 5.69 Å². The van der Waals surface area contributed by atoms with E-state index in [0.29, 0.717) is 0 Å². The molecule has 6 nitrogen and oxygen atoms in total. The van der Waals surface area contributed by atoms with Gasteiger partial charge in [-0.25, -0.2) is 10.9 Å². The Balaban J connectivity index is 1.95. The van der Waals surface area contributed by atoms with Crippen molar-refractivity contribution in [2.75, 3.05) is 17.2 Å². The van der Waals surface area contributed by atoms with Crippen LogP contribution >= 0.6 is 11.8 Å². The van der Waals surface area contributed by atoms with E-state index in [1.807, 2.05) is 44.2 Å². The normalized spacial score (nSPS) is 18.4. The van der Waals surface area contributed by atoms with Gasteiger partial charge in [0.05, 0.1) is 12.3 Å². The van der Waals surface area contributed by atoms with E-state index in [2.05, 4.69) is 16.2 Å². The molecule has 1 saturated heterocycles. The summed E-state index contributed by atoms with van der Waals surface area (Å²) in [5, 5.41) is 2.76. The summed E-state index contributed by atoms with van der Waals surface area (Å²) in [6, 6.07) is 9.67. The van der Waals surface area contributed by atoms with Gasteiger partial charge < -0.3 is 10.2 Å². The molecule has 21 heavy (non-hydrogen) atoms. The molecule has 0 saturated carbocycles. The van der Waals surface area contributed by atoms with Crippen molar-refractivity contribution in [2.24, 2.45) is 0 Å². The second-order valence-electron chi connectivity index (χ2n) is 4.95. The van der Waals surface area contributed by atoms with Gasteiger partial charge in [0, 0.05) is 11.7 Å². The van der Waals surface area contributed by atoms with Crippen molar-refractivity contribution in [1.82, 2.24) is 16.2 Å². The third-order valence-corrected chi connectivity index (χ3v) is 3.95. The van der Waals surface area contributed by atoms with Gasteiger partial charge in [0.15, 0.2) is 0 Å². The molecule has 1 aromatic rings. The highest BCUT2D eigenvalue weighted by Gasteiger charge is 2.22. The monoisotopic (exact) mass is 308 g/mol. The van der Waals surface area contributed by atoms with Crippen molar-refractivity contribution in [1.29, 1.82) is 0 Å². The van der Waals surface area contributed by atoms with Gasteiger partial charge in [-0.15, -0.1) is 11.8 Å². The highest BCUT2D eigenvalue weighted by Crippen LogP contribution is 2.19. The molecule has 2 amide bonds. The molecule has 0 spiro atoms. The lowest BCUT2D eigenvalue weighted by Crippen LogP contribution is -2.59. The van der Waals surface area contributed by atoms with Gasteiger partial charge in [-0.1, -0.05) is 18.2 Å². The van der Waals surface area contributed by atoms with Crippen LogP contribution < -0.4 is 21.1 Å². The summed E-state index contributed by atoms with van der Waals surface area (Å²) in [6.07, 6.45) is 0. The van der Waals surface area contributed by atoms with Crippen molar-refractivity contribution < 1.29 is 9.59 Å². The van der Waals surface area contributed by atoms with Gasteiger partial charge in [-0.05, 0) is 26.0 Å². The number of carbonyl (C=O) groups excluding carboxylic acids is 2. The first kappa shape index (κ1) is 15.8. The number of carbonyl (C=O) groups is 2. The fourth-order valence-electron chi connectivity index (χ4n) is 2.08. The average molecular weight is 308 g/mol. The van der Waals surface area contributed by atoms with Gasteiger partial charge in [0.2, 0.25) is 11.8 Å². The zero-order chi connectivity index (χ0) is 15.2. The highest BCUT2D eigenvalue weighted by molar-refractivity contribution is 8.00. The third kappa shape index (κ3) is 4.45. The minimum Gasteiger partial charge on any atom is -0.330 e. The van der Waals surface area contributed by atoms with E-state index in [0.717, 1.165) is 5.69 Å². The van der Waals surface area contributed by atoms with Crippen molar-refractivity contribution in [3.05, 3.63) is 30.3 Å². The number of hydrazine groups is 1. The van der Waals surface area contributed by atoms with E-state index in [9.17, 15) is 9.59 Å². The molecule has 1 aromatic carbocycles. The molecule has 1 atom stereocenters. The van der Waals surface area contributed by atoms with Gasteiger partial charge in [-0.3, -0.25) is 9.59 Å². The molecule has 0 bridgehead atoms. The summed E-state index contributed by atoms with van der Waals surface area (Å²) in [5.41, 5.74) is 6.30. The van der Waals surface area contributed by atoms with E-state index in [4.69, 9.17) is 0 Å². The van der Waals surface area contributed by atoms with Gasteiger partial charge in [0.25, 0.3) is 0 Å². The molecule has 1 heterocycles. The number of nitrogens with one attached hydrogen (secondary N) is 3. The molecule has 114 valence electrons. The molecule has 1 fully saturated rings. The zero-order valence-electron chi connectivity index (χ0n) is 12.1. The van der Waals surface area contributed by atoms with Crippen molar-refractivity contribution in [3.63, 3.8) is 0 Å². The number of nitrogens with zero attached hydrogens (tertiary/aromatic N) is 1. The Morgan fingerprint density at radius 3 is 2.71 bits per heavy atom. The Labute approximate surface area is 128 Å². The molecular formula is C14H20N4O2S. The maximum Gasteiger partial charge on any atom is 0.237 e. The molecule has 0 aromatic heterocycles. The number of anilines is 1. The van der Waals surface area contributed by atoms with Crippen molar-refractivity contribution >= 4 is 29.3 Å². The van der Waals surface area contributed by atoms with E-state index >= 15 is 0 Å². The van der Waals surface area contributed by atoms with Crippen molar-refractivity contribution in [2.45, 2.75) is 25.4 Å². The fraction of sp³-hybridized carbons (Fsp3) is 0.429. The Bertz CT molecular complexity index is 495. The topological polar surface area (TPSA) is 73.5 Å². The number of para-hydroxylation sites is 1. The number of hydrogen-bond acceptors (Lipinski definition) is 5. The highest BCUT2D eigenvalue weighted by atomic mass is 32.2. The minimum atomic E-state index is -0.292. The number of benzene rings is 1. The molecule has 0 aliphatic carbocycles. The Morgan fingerprint density at radius 1 is 1.38 bits per heavy atom. The van der Waals surface area contributed by atoms with Crippen LogP contribution in [0.15, 0.2) is 30.3 Å². The lowest BCUT2D eigenvalue weighted by molar-refractivity contribution is -0.122. The van der Waals surface area contributed by atoms with Crippen LogP contribution in [-0.2, 0) is 9.59 Å². The van der Waals surface area contributed by atoms with Crippen LogP contribution in [0.1, 0.15) is 13.8 Å². The van der Waals surface area contributed by atoms with E-state index in [1.54, 1.807) is 4.90 Å². The Morgan fingerprint density at radius 2 is 2.10 bits per heavy atom. The maximum absolute atomic E-state index is 12.5. The summed E-state index contributed by atoms with van der Waals surface area (Å²) in [6.45, 7) is 4.21. The standard InChI is InChI=1S/C14H20N4O2S/c1-10(2)18(11-6-4-3-5-7-11)13(20)9-21-14-16-12(19)8-15-17-14/h3-7,10,14-15,17H,8-9H2,1-2H3,(H,16,19). The number of thioether (sulfide) groups is 1. The zero-order valence-corrected chi connectivity index (χ0v) is 12.9. The molecule has 3 N–H and O–H groups in total. The molecule has 1 aliphatic rings. The predicted molar refractivity (Wildman–Crippen MR) is 84.6 cm³/mol. The first-order chi connectivity index (χ1) is 10.1. The first-order valence-corrected chi connectivity index (χ1v) is 7.89. The first-order valence-electron chi connectivity index (χ1n) is 6.84. The molecule has 1 aliphatic heterocycles. The van der Waals surface area contributed by atoms with Crippen LogP contribution in [0.2, 0.25) is 0 Å². The molecule has 7 heteroatoms. The van der Waals surface area contributed by atoms with Crippen LogP contribution in [0.5, 0.6) is 0 Å². The smallest absolute Gasteiger partial charge is 0.237 e. The molecule has 1 unspecified atom stereocenters.